The Hall–Kier alpha value is -1.06. The Morgan fingerprint density at radius 2 is 2.09 bits per heavy atom. The Kier molecular flexibility index (Phi) is 4.98. The summed E-state index contributed by atoms with van der Waals surface area (Å²) < 4.78 is 5.27. The lowest BCUT2D eigenvalue weighted by atomic mass is 9.73. The number of hydrogen-bond acceptors (Lipinski definition) is 2. The predicted molar refractivity (Wildman–Crippen MR) is 92.7 cm³/mol. The Balaban J connectivity index is 1.71. The van der Waals surface area contributed by atoms with Crippen LogP contribution in [0.15, 0.2) is 24.3 Å². The molecule has 1 aliphatic heterocycles. The van der Waals surface area contributed by atoms with E-state index < -0.39 is 0 Å². The van der Waals surface area contributed by atoms with Crippen molar-refractivity contribution in [3.8, 4) is 0 Å². The molecule has 126 valence electrons. The van der Waals surface area contributed by atoms with Gasteiger partial charge in [-0.2, -0.15) is 0 Å². The first kappa shape index (κ1) is 16.8. The van der Waals surface area contributed by atoms with Crippen molar-refractivity contribution in [2.75, 3.05) is 26.8 Å². The maximum absolute atomic E-state index is 13.0. The van der Waals surface area contributed by atoms with Gasteiger partial charge in [-0.25, -0.2) is 0 Å². The molecule has 2 fully saturated rings. The van der Waals surface area contributed by atoms with Crippen LogP contribution in [-0.2, 0) is 9.53 Å². The van der Waals surface area contributed by atoms with Crippen LogP contribution in [0.3, 0.4) is 0 Å². The summed E-state index contributed by atoms with van der Waals surface area (Å²) in [5, 5.41) is 0.760. The molecular formula is C19H26ClNO2. The number of hydrogen-bond donors (Lipinski definition) is 0. The SMILES string of the molecule is COCC1(C)CN(C(=O)[C@@H]2CCCC[C@H]2c2cccc(Cl)c2)C1. The van der Waals surface area contributed by atoms with Gasteiger partial charge in [0, 0.05) is 36.6 Å². The second kappa shape index (κ2) is 6.82. The summed E-state index contributed by atoms with van der Waals surface area (Å²) >= 11 is 6.16. The van der Waals surface area contributed by atoms with Crippen molar-refractivity contribution in [3.05, 3.63) is 34.9 Å². The van der Waals surface area contributed by atoms with Gasteiger partial charge < -0.3 is 9.64 Å². The molecule has 3 rings (SSSR count). The zero-order chi connectivity index (χ0) is 16.4. The maximum atomic E-state index is 13.0. The van der Waals surface area contributed by atoms with Crippen molar-refractivity contribution in [2.45, 2.75) is 38.5 Å². The van der Waals surface area contributed by atoms with Gasteiger partial charge in [0.25, 0.3) is 0 Å². The molecule has 0 radical (unpaired) electrons. The first-order valence-electron chi connectivity index (χ1n) is 8.56. The van der Waals surface area contributed by atoms with Crippen molar-refractivity contribution >= 4 is 17.5 Å². The summed E-state index contributed by atoms with van der Waals surface area (Å²) in [4.78, 5) is 15.0. The standard InChI is InChI=1S/C19H26ClNO2/c1-19(13-23-2)11-21(12-19)18(22)17-9-4-3-8-16(17)14-6-5-7-15(20)10-14/h5-7,10,16-17H,3-4,8-9,11-13H2,1-2H3/t16-,17+/m0/s1. The number of amides is 1. The zero-order valence-electron chi connectivity index (χ0n) is 14.1. The number of methoxy groups -OCH3 is 1. The van der Waals surface area contributed by atoms with Gasteiger partial charge in [-0.1, -0.05) is 43.5 Å². The van der Waals surface area contributed by atoms with E-state index in [4.69, 9.17) is 16.3 Å². The van der Waals surface area contributed by atoms with Crippen LogP contribution < -0.4 is 0 Å². The number of benzene rings is 1. The third-order valence-corrected chi connectivity index (χ3v) is 5.54. The number of carbonyl (C=O) groups excluding carboxylic acids is 1. The van der Waals surface area contributed by atoms with E-state index >= 15 is 0 Å². The van der Waals surface area contributed by atoms with Crippen molar-refractivity contribution < 1.29 is 9.53 Å². The van der Waals surface area contributed by atoms with E-state index in [0.717, 1.165) is 44.0 Å². The summed E-state index contributed by atoms with van der Waals surface area (Å²) in [7, 11) is 1.73. The Morgan fingerprint density at radius 3 is 2.78 bits per heavy atom. The monoisotopic (exact) mass is 335 g/mol. The lowest BCUT2D eigenvalue weighted by Gasteiger charge is -2.49. The fraction of sp³-hybridized carbons (Fsp3) is 0.632. The second-order valence-corrected chi connectivity index (χ2v) is 7.93. The van der Waals surface area contributed by atoms with Crippen LogP contribution in [-0.4, -0.2) is 37.6 Å². The summed E-state index contributed by atoms with van der Waals surface area (Å²) in [5.41, 5.74) is 1.35. The summed E-state index contributed by atoms with van der Waals surface area (Å²) in [5.74, 6) is 0.738. The molecule has 3 nitrogen and oxygen atoms in total. The van der Waals surface area contributed by atoms with Gasteiger partial charge in [0.2, 0.25) is 5.91 Å². The van der Waals surface area contributed by atoms with Crippen LogP contribution in [0.2, 0.25) is 5.02 Å². The van der Waals surface area contributed by atoms with Crippen LogP contribution >= 0.6 is 11.6 Å². The minimum atomic E-state index is 0.106. The highest BCUT2D eigenvalue weighted by atomic mass is 35.5. The smallest absolute Gasteiger partial charge is 0.226 e. The largest absolute Gasteiger partial charge is 0.384 e. The molecule has 0 N–H and O–H groups in total. The summed E-state index contributed by atoms with van der Waals surface area (Å²) in [6.45, 7) is 4.55. The molecule has 1 heterocycles. The minimum absolute atomic E-state index is 0.106. The first-order valence-corrected chi connectivity index (χ1v) is 8.93. The minimum Gasteiger partial charge on any atom is -0.384 e. The number of nitrogens with zero attached hydrogens (tertiary/aromatic N) is 1. The van der Waals surface area contributed by atoms with E-state index in [1.54, 1.807) is 7.11 Å². The lowest BCUT2D eigenvalue weighted by molar-refractivity contribution is -0.151. The van der Waals surface area contributed by atoms with E-state index in [1.165, 1.54) is 12.0 Å². The summed E-state index contributed by atoms with van der Waals surface area (Å²) in [6.07, 6.45) is 4.42. The van der Waals surface area contributed by atoms with E-state index in [9.17, 15) is 4.79 Å². The summed E-state index contributed by atoms with van der Waals surface area (Å²) in [6, 6.07) is 8.04. The molecule has 0 aromatic heterocycles. The highest BCUT2D eigenvalue weighted by Gasteiger charge is 2.45. The molecule has 4 heteroatoms. The molecule has 0 spiro atoms. The number of halogens is 1. The third-order valence-electron chi connectivity index (χ3n) is 5.31. The third kappa shape index (κ3) is 3.56. The van der Waals surface area contributed by atoms with Crippen LogP contribution in [0.25, 0.3) is 0 Å². The average Bonchev–Trinajstić information content (AvgIpc) is 2.52. The molecule has 23 heavy (non-hydrogen) atoms. The molecule has 1 amide bonds. The van der Waals surface area contributed by atoms with Gasteiger partial charge in [0.15, 0.2) is 0 Å². The maximum Gasteiger partial charge on any atom is 0.226 e. The van der Waals surface area contributed by atoms with Crippen molar-refractivity contribution in [3.63, 3.8) is 0 Å². The second-order valence-electron chi connectivity index (χ2n) is 7.49. The van der Waals surface area contributed by atoms with Crippen LogP contribution in [0, 0.1) is 11.3 Å². The van der Waals surface area contributed by atoms with Gasteiger partial charge in [0.05, 0.1) is 6.61 Å². The molecule has 1 aliphatic carbocycles. The Labute approximate surface area is 144 Å². The van der Waals surface area contributed by atoms with Crippen LogP contribution in [0.5, 0.6) is 0 Å². The van der Waals surface area contributed by atoms with Crippen LogP contribution in [0.4, 0.5) is 0 Å². The molecule has 2 aliphatic rings. The number of rotatable bonds is 4. The van der Waals surface area contributed by atoms with Crippen molar-refractivity contribution in [1.82, 2.24) is 4.90 Å². The van der Waals surface area contributed by atoms with E-state index in [-0.39, 0.29) is 11.3 Å². The Morgan fingerprint density at radius 1 is 1.35 bits per heavy atom. The van der Waals surface area contributed by atoms with Gasteiger partial charge in [-0.05, 0) is 36.5 Å². The van der Waals surface area contributed by atoms with Gasteiger partial charge in [-0.15, -0.1) is 0 Å². The molecule has 1 saturated carbocycles. The molecule has 0 unspecified atom stereocenters. The van der Waals surface area contributed by atoms with E-state index in [0.29, 0.717) is 11.8 Å². The molecule has 1 aromatic carbocycles. The van der Waals surface area contributed by atoms with E-state index in [2.05, 4.69) is 13.0 Å². The molecule has 1 saturated heterocycles. The molecule has 0 bridgehead atoms. The van der Waals surface area contributed by atoms with Gasteiger partial charge in [0.1, 0.15) is 0 Å². The normalized spacial score (nSPS) is 26.7. The van der Waals surface area contributed by atoms with Crippen molar-refractivity contribution in [2.24, 2.45) is 11.3 Å². The lowest BCUT2D eigenvalue weighted by Crippen LogP contribution is -2.60. The topological polar surface area (TPSA) is 29.5 Å². The van der Waals surface area contributed by atoms with Crippen molar-refractivity contribution in [1.29, 1.82) is 0 Å². The first-order chi connectivity index (χ1) is 11.0. The van der Waals surface area contributed by atoms with Crippen LogP contribution in [0.1, 0.15) is 44.1 Å². The fourth-order valence-electron chi connectivity index (χ4n) is 4.27. The average molecular weight is 336 g/mol. The molecule has 1 aromatic rings. The highest BCUT2D eigenvalue weighted by molar-refractivity contribution is 6.30. The molecule has 2 atom stereocenters. The van der Waals surface area contributed by atoms with Gasteiger partial charge in [-0.3, -0.25) is 4.79 Å². The number of ether oxygens (including phenoxy) is 1. The number of carbonyl (C=O) groups is 1. The van der Waals surface area contributed by atoms with Gasteiger partial charge >= 0.3 is 0 Å². The van der Waals surface area contributed by atoms with E-state index in [1.807, 2.05) is 23.1 Å². The number of likely N-dealkylation sites (tertiary alicyclic amines) is 1. The zero-order valence-corrected chi connectivity index (χ0v) is 14.8. The molecular weight excluding hydrogens is 310 g/mol. The highest BCUT2D eigenvalue weighted by Crippen LogP contribution is 2.41. The Bertz CT molecular complexity index is 568. The quantitative estimate of drug-likeness (QED) is 0.828. The predicted octanol–water partition coefficient (Wildman–Crippen LogP) is 4.11. The fourth-order valence-corrected chi connectivity index (χ4v) is 4.47.